The van der Waals surface area contributed by atoms with Crippen molar-refractivity contribution in [1.82, 2.24) is 21.0 Å². The predicted octanol–water partition coefficient (Wildman–Crippen LogP) is 2.98. The second kappa shape index (κ2) is 7.75. The summed E-state index contributed by atoms with van der Waals surface area (Å²) in [5.41, 5.74) is 6.54. The van der Waals surface area contributed by atoms with Crippen molar-refractivity contribution in [2.75, 3.05) is 5.32 Å². The summed E-state index contributed by atoms with van der Waals surface area (Å²) in [5.74, 6) is -0.358. The van der Waals surface area contributed by atoms with Gasteiger partial charge in [-0.1, -0.05) is 42.5 Å². The van der Waals surface area contributed by atoms with E-state index in [0.29, 0.717) is 22.1 Å². The number of rotatable bonds is 5. The molecule has 2 amide bonds. The minimum atomic E-state index is -0.584. The zero-order chi connectivity index (χ0) is 19.6. The molecule has 0 aliphatic rings. The molecule has 3 N–H and O–H groups in total. The van der Waals surface area contributed by atoms with Gasteiger partial charge in [0.15, 0.2) is 10.9 Å². The molecule has 0 aliphatic carbocycles. The van der Waals surface area contributed by atoms with E-state index in [4.69, 9.17) is 4.52 Å². The maximum Gasteiger partial charge on any atom is 0.275 e. The van der Waals surface area contributed by atoms with Crippen LogP contribution in [-0.4, -0.2) is 28.0 Å². The number of nitrogens with zero attached hydrogens (tertiary/aromatic N) is 2. The second-order valence-corrected chi connectivity index (χ2v) is 7.49. The number of hydrazine groups is 1. The van der Waals surface area contributed by atoms with E-state index in [9.17, 15) is 9.59 Å². The first kappa shape index (κ1) is 18.8. The quantitative estimate of drug-likeness (QED) is 0.581. The molecule has 27 heavy (non-hydrogen) atoms. The number of para-hydroxylation sites is 1. The van der Waals surface area contributed by atoms with E-state index in [-0.39, 0.29) is 11.8 Å². The standard InChI is InChI=1S/C18H21N5O3S/c1-9(2)15-14(10(3)23-26-15)17(25)22-21-16(24)11(4)19-18-20-12-7-5-6-8-13(12)27-18/h5-9,11H,1-4H3,(H,19,20)(H,21,24)(H,22,25). The number of thiazole rings is 1. The van der Waals surface area contributed by atoms with E-state index < -0.39 is 11.9 Å². The fourth-order valence-corrected chi connectivity index (χ4v) is 3.48. The third-order valence-corrected chi connectivity index (χ3v) is 4.93. The smallest absolute Gasteiger partial charge is 0.275 e. The maximum atomic E-state index is 12.4. The van der Waals surface area contributed by atoms with E-state index in [1.54, 1.807) is 13.8 Å². The van der Waals surface area contributed by atoms with Crippen LogP contribution in [0.1, 0.15) is 48.5 Å². The van der Waals surface area contributed by atoms with Crippen molar-refractivity contribution in [1.29, 1.82) is 0 Å². The van der Waals surface area contributed by atoms with E-state index in [0.717, 1.165) is 10.2 Å². The van der Waals surface area contributed by atoms with Gasteiger partial charge in [0.25, 0.3) is 11.8 Å². The average molecular weight is 387 g/mol. The molecule has 142 valence electrons. The molecule has 2 heterocycles. The van der Waals surface area contributed by atoms with Gasteiger partial charge >= 0.3 is 0 Å². The lowest BCUT2D eigenvalue weighted by molar-refractivity contribution is -0.122. The highest BCUT2D eigenvalue weighted by molar-refractivity contribution is 7.22. The number of fused-ring (bicyclic) bond motifs is 1. The Hall–Kier alpha value is -2.94. The van der Waals surface area contributed by atoms with Gasteiger partial charge in [-0.25, -0.2) is 4.98 Å². The number of hydrogen-bond donors (Lipinski definition) is 3. The van der Waals surface area contributed by atoms with Gasteiger partial charge in [0.1, 0.15) is 11.6 Å². The molecule has 9 heteroatoms. The Balaban J connectivity index is 1.60. The number of carbonyl (C=O) groups excluding carboxylic acids is 2. The Kier molecular flexibility index (Phi) is 5.41. The largest absolute Gasteiger partial charge is 0.360 e. The molecule has 1 aromatic carbocycles. The molecule has 0 saturated carbocycles. The van der Waals surface area contributed by atoms with Gasteiger partial charge in [0, 0.05) is 5.92 Å². The summed E-state index contributed by atoms with van der Waals surface area (Å²) in [4.78, 5) is 29.1. The molecule has 0 aliphatic heterocycles. The Bertz CT molecular complexity index is 945. The summed E-state index contributed by atoms with van der Waals surface area (Å²) in [6.45, 7) is 7.18. The zero-order valence-electron chi connectivity index (χ0n) is 15.5. The van der Waals surface area contributed by atoms with E-state index in [2.05, 4.69) is 26.3 Å². The number of aromatic nitrogens is 2. The number of carbonyl (C=O) groups is 2. The highest BCUT2D eigenvalue weighted by Gasteiger charge is 2.23. The number of hydrogen-bond acceptors (Lipinski definition) is 7. The molecule has 0 fully saturated rings. The fourth-order valence-electron chi connectivity index (χ4n) is 2.53. The van der Waals surface area contributed by atoms with Crippen molar-refractivity contribution in [2.24, 2.45) is 0 Å². The van der Waals surface area contributed by atoms with E-state index in [1.165, 1.54) is 11.3 Å². The van der Waals surface area contributed by atoms with Crippen LogP contribution in [0.5, 0.6) is 0 Å². The number of benzene rings is 1. The second-order valence-electron chi connectivity index (χ2n) is 6.46. The van der Waals surface area contributed by atoms with Crippen molar-refractivity contribution < 1.29 is 14.1 Å². The lowest BCUT2D eigenvalue weighted by Crippen LogP contribution is -2.47. The van der Waals surface area contributed by atoms with Crippen molar-refractivity contribution in [3.05, 3.63) is 41.3 Å². The molecular weight excluding hydrogens is 366 g/mol. The molecular formula is C18H21N5O3S. The van der Waals surface area contributed by atoms with Crippen molar-refractivity contribution in [3.8, 4) is 0 Å². The first-order valence-corrected chi connectivity index (χ1v) is 9.37. The topological polar surface area (TPSA) is 109 Å². The molecule has 0 saturated heterocycles. The molecule has 3 aromatic rings. The number of nitrogens with one attached hydrogen (secondary N) is 3. The van der Waals surface area contributed by atoms with Crippen LogP contribution < -0.4 is 16.2 Å². The third kappa shape index (κ3) is 4.08. The lowest BCUT2D eigenvalue weighted by atomic mass is 10.0. The number of anilines is 1. The first-order chi connectivity index (χ1) is 12.9. The summed E-state index contributed by atoms with van der Waals surface area (Å²) in [5, 5.41) is 7.51. The van der Waals surface area contributed by atoms with Crippen LogP contribution in [0.3, 0.4) is 0 Å². The van der Waals surface area contributed by atoms with Gasteiger partial charge in [0.2, 0.25) is 0 Å². The van der Waals surface area contributed by atoms with Crippen LogP contribution in [-0.2, 0) is 4.79 Å². The number of aryl methyl sites for hydroxylation is 1. The van der Waals surface area contributed by atoms with Crippen molar-refractivity contribution >= 4 is 38.5 Å². The van der Waals surface area contributed by atoms with Crippen LogP contribution in [0, 0.1) is 6.92 Å². The fraction of sp³-hybridized carbons (Fsp3) is 0.333. The average Bonchev–Trinajstić information content (AvgIpc) is 3.21. The van der Waals surface area contributed by atoms with E-state index in [1.807, 2.05) is 38.1 Å². The number of amides is 2. The van der Waals surface area contributed by atoms with Crippen molar-refractivity contribution in [3.63, 3.8) is 0 Å². The summed E-state index contributed by atoms with van der Waals surface area (Å²) < 4.78 is 6.23. The highest BCUT2D eigenvalue weighted by Crippen LogP contribution is 2.26. The molecule has 0 spiro atoms. The monoisotopic (exact) mass is 387 g/mol. The van der Waals surface area contributed by atoms with Gasteiger partial charge in [0.05, 0.1) is 15.9 Å². The SMILES string of the molecule is Cc1noc(C(C)C)c1C(=O)NNC(=O)C(C)Nc1nc2ccccc2s1. The van der Waals surface area contributed by atoms with Crippen LogP contribution in [0.4, 0.5) is 5.13 Å². The summed E-state index contributed by atoms with van der Waals surface area (Å²) in [6, 6.07) is 7.15. The molecule has 1 atom stereocenters. The molecule has 1 unspecified atom stereocenters. The third-order valence-electron chi connectivity index (χ3n) is 3.97. The van der Waals surface area contributed by atoms with Gasteiger partial charge in [-0.3, -0.25) is 20.4 Å². The minimum absolute atomic E-state index is 0.00211. The van der Waals surface area contributed by atoms with Gasteiger partial charge in [-0.2, -0.15) is 0 Å². The first-order valence-electron chi connectivity index (χ1n) is 8.55. The Labute approximate surface area is 160 Å². The Morgan fingerprint density at radius 2 is 1.89 bits per heavy atom. The van der Waals surface area contributed by atoms with Crippen LogP contribution in [0.2, 0.25) is 0 Å². The molecule has 3 rings (SSSR count). The van der Waals surface area contributed by atoms with Crippen molar-refractivity contribution in [2.45, 2.75) is 39.7 Å². The highest BCUT2D eigenvalue weighted by atomic mass is 32.1. The van der Waals surface area contributed by atoms with Crippen LogP contribution in [0.15, 0.2) is 28.8 Å². The van der Waals surface area contributed by atoms with Gasteiger partial charge in [-0.05, 0) is 26.0 Å². The molecule has 0 radical (unpaired) electrons. The lowest BCUT2D eigenvalue weighted by Gasteiger charge is -2.14. The van der Waals surface area contributed by atoms with Gasteiger partial charge < -0.3 is 9.84 Å². The van der Waals surface area contributed by atoms with Crippen LogP contribution in [0.25, 0.3) is 10.2 Å². The summed E-state index contributed by atoms with van der Waals surface area (Å²) >= 11 is 1.46. The molecule has 2 aromatic heterocycles. The molecule has 0 bridgehead atoms. The summed E-state index contributed by atoms with van der Waals surface area (Å²) in [6.07, 6.45) is 0. The zero-order valence-corrected chi connectivity index (χ0v) is 16.3. The molecule has 8 nitrogen and oxygen atoms in total. The predicted molar refractivity (Wildman–Crippen MR) is 104 cm³/mol. The minimum Gasteiger partial charge on any atom is -0.360 e. The van der Waals surface area contributed by atoms with E-state index >= 15 is 0 Å². The Morgan fingerprint density at radius 1 is 1.15 bits per heavy atom. The normalized spacial score (nSPS) is 12.2. The summed E-state index contributed by atoms with van der Waals surface area (Å²) in [7, 11) is 0. The van der Waals surface area contributed by atoms with Gasteiger partial charge in [-0.15, -0.1) is 0 Å². The maximum absolute atomic E-state index is 12.4. The Morgan fingerprint density at radius 3 is 2.59 bits per heavy atom. The van der Waals surface area contributed by atoms with Crippen LogP contribution >= 0.6 is 11.3 Å².